The summed E-state index contributed by atoms with van der Waals surface area (Å²) in [5, 5.41) is 9.57. The van der Waals surface area contributed by atoms with Gasteiger partial charge in [0, 0.05) is 12.6 Å². The third-order valence-electron chi connectivity index (χ3n) is 6.05. The molecule has 6 heteroatoms. The Hall–Kier alpha value is -3.93. The van der Waals surface area contributed by atoms with Crippen molar-refractivity contribution < 1.29 is 19.4 Å². The zero-order chi connectivity index (χ0) is 24.9. The summed E-state index contributed by atoms with van der Waals surface area (Å²) in [5.41, 5.74) is 6.21. The van der Waals surface area contributed by atoms with Crippen LogP contribution in [0.5, 0.6) is 0 Å². The Morgan fingerprint density at radius 2 is 1.74 bits per heavy atom. The number of benzene rings is 2. The van der Waals surface area contributed by atoms with Crippen LogP contribution in [0.25, 0.3) is 16.8 Å². The molecule has 0 saturated heterocycles. The van der Waals surface area contributed by atoms with Gasteiger partial charge in [-0.25, -0.2) is 9.78 Å². The number of hydrogen-bond donors (Lipinski definition) is 1. The number of ether oxygens (including phenoxy) is 1. The molecule has 0 bridgehead atoms. The number of fused-ring (bicyclic) bond motifs is 1. The van der Waals surface area contributed by atoms with Crippen molar-refractivity contribution in [1.29, 1.82) is 0 Å². The van der Waals surface area contributed by atoms with E-state index in [9.17, 15) is 14.7 Å². The first-order valence-corrected chi connectivity index (χ1v) is 12.0. The number of carboxylic acid groups (broad SMARTS) is 1. The molecule has 180 valence electrons. The quantitative estimate of drug-likeness (QED) is 0.287. The average Bonchev–Trinajstić information content (AvgIpc) is 3.28. The van der Waals surface area contributed by atoms with E-state index in [0.717, 1.165) is 46.6 Å². The fraction of sp³-hybridized carbons (Fsp3) is 0.276. The third kappa shape index (κ3) is 5.11. The highest BCUT2D eigenvalue weighted by atomic mass is 16.5. The van der Waals surface area contributed by atoms with Crippen LogP contribution in [-0.2, 0) is 16.0 Å². The zero-order valence-corrected chi connectivity index (χ0v) is 20.3. The summed E-state index contributed by atoms with van der Waals surface area (Å²) in [5.74, 6) is -1.23. The van der Waals surface area contributed by atoms with Gasteiger partial charge in [-0.1, -0.05) is 68.8 Å². The van der Waals surface area contributed by atoms with E-state index in [1.165, 1.54) is 0 Å². The predicted octanol–water partition coefficient (Wildman–Crippen LogP) is 6.39. The normalized spacial score (nSPS) is 12.0. The number of carboxylic acids is 1. The maximum Gasteiger partial charge on any atom is 0.336 e. The number of carbonyl (C=O) groups is 2. The number of hydrogen-bond acceptors (Lipinski definition) is 4. The molecule has 0 aliphatic carbocycles. The van der Waals surface area contributed by atoms with Crippen LogP contribution in [0.15, 0.2) is 66.9 Å². The molecule has 0 radical (unpaired) electrons. The van der Waals surface area contributed by atoms with Gasteiger partial charge in [-0.2, -0.15) is 0 Å². The Kier molecular flexibility index (Phi) is 7.30. The molecule has 0 saturated carbocycles. The summed E-state index contributed by atoms with van der Waals surface area (Å²) in [7, 11) is 0. The van der Waals surface area contributed by atoms with E-state index < -0.39 is 12.1 Å². The third-order valence-corrected chi connectivity index (χ3v) is 6.05. The van der Waals surface area contributed by atoms with E-state index in [2.05, 4.69) is 6.92 Å². The largest absolute Gasteiger partial charge is 0.478 e. The number of imidazole rings is 1. The molecule has 4 rings (SSSR count). The van der Waals surface area contributed by atoms with Crippen LogP contribution in [0.3, 0.4) is 0 Å². The molecule has 35 heavy (non-hydrogen) atoms. The molecule has 1 atom stereocenters. The molecule has 2 aromatic heterocycles. The van der Waals surface area contributed by atoms with Crippen LogP contribution in [0.1, 0.15) is 72.1 Å². The maximum atomic E-state index is 12.6. The molecule has 1 unspecified atom stereocenters. The lowest BCUT2D eigenvalue weighted by Gasteiger charge is -2.21. The van der Waals surface area contributed by atoms with Crippen molar-refractivity contribution in [3.05, 3.63) is 94.9 Å². The minimum Gasteiger partial charge on any atom is -0.478 e. The fourth-order valence-electron chi connectivity index (χ4n) is 4.31. The van der Waals surface area contributed by atoms with Crippen LogP contribution in [0.2, 0.25) is 0 Å². The Labute approximate surface area is 205 Å². The molecular weight excluding hydrogens is 440 g/mol. The van der Waals surface area contributed by atoms with Crippen molar-refractivity contribution in [3.63, 3.8) is 0 Å². The molecule has 1 N–H and O–H groups in total. The molecular formula is C29H30N2O4. The van der Waals surface area contributed by atoms with Gasteiger partial charge in [-0.3, -0.25) is 9.20 Å². The molecule has 2 heterocycles. The fourth-order valence-corrected chi connectivity index (χ4v) is 4.31. The minimum atomic E-state index is -0.971. The maximum absolute atomic E-state index is 12.6. The van der Waals surface area contributed by atoms with Crippen molar-refractivity contribution in [2.75, 3.05) is 0 Å². The van der Waals surface area contributed by atoms with E-state index >= 15 is 0 Å². The topological polar surface area (TPSA) is 80.9 Å². The van der Waals surface area contributed by atoms with Crippen molar-refractivity contribution in [2.24, 2.45) is 0 Å². The number of carbonyl (C=O) groups excluding carboxylic acids is 1. The van der Waals surface area contributed by atoms with E-state index in [1.54, 1.807) is 18.2 Å². The number of aromatic carboxylic acids is 1. The minimum absolute atomic E-state index is 0.244. The zero-order valence-electron chi connectivity index (χ0n) is 20.3. The summed E-state index contributed by atoms with van der Waals surface area (Å²) in [6.45, 7) is 6.09. The summed E-state index contributed by atoms with van der Waals surface area (Å²) in [6, 6.07) is 18.5. The van der Waals surface area contributed by atoms with Crippen LogP contribution in [0.4, 0.5) is 0 Å². The van der Waals surface area contributed by atoms with Crippen LogP contribution in [0, 0.1) is 6.92 Å². The number of aromatic nitrogens is 2. The first-order valence-electron chi connectivity index (χ1n) is 12.0. The molecule has 6 nitrogen and oxygen atoms in total. The molecule has 0 aliphatic heterocycles. The van der Waals surface area contributed by atoms with Gasteiger partial charge in [0.2, 0.25) is 0 Å². The first-order chi connectivity index (χ1) is 16.9. The summed E-state index contributed by atoms with van der Waals surface area (Å²) < 4.78 is 8.03. The Morgan fingerprint density at radius 1 is 1.00 bits per heavy atom. The standard InChI is InChI=1S/C29H30N2O4/c1-4-8-22-18-31-25(17-12-19(3)28(31)30-22)27(35-26(32)9-5-2)21-15-13-20(14-16-21)23-10-6-7-11-24(23)29(33)34/h6-7,10-18,27H,4-5,8-9H2,1-3H3,(H,33,34). The van der Waals surface area contributed by atoms with Gasteiger partial charge >= 0.3 is 11.9 Å². The van der Waals surface area contributed by atoms with Gasteiger partial charge < -0.3 is 9.84 Å². The molecule has 0 amide bonds. The lowest BCUT2D eigenvalue weighted by Crippen LogP contribution is -2.15. The van der Waals surface area contributed by atoms with Gasteiger partial charge in [0.15, 0.2) is 6.10 Å². The van der Waals surface area contributed by atoms with Crippen LogP contribution >= 0.6 is 0 Å². The molecule has 4 aromatic rings. The number of pyridine rings is 1. The number of nitrogens with zero attached hydrogens (tertiary/aromatic N) is 2. The number of esters is 1. The van der Waals surface area contributed by atoms with Gasteiger partial charge in [-0.05, 0) is 54.2 Å². The average molecular weight is 471 g/mol. The van der Waals surface area contributed by atoms with Crippen molar-refractivity contribution in [3.8, 4) is 11.1 Å². The summed E-state index contributed by atoms with van der Waals surface area (Å²) >= 11 is 0. The van der Waals surface area contributed by atoms with Gasteiger partial charge in [-0.15, -0.1) is 0 Å². The van der Waals surface area contributed by atoms with Crippen LogP contribution in [-0.4, -0.2) is 26.4 Å². The molecule has 0 fully saturated rings. The van der Waals surface area contributed by atoms with E-state index in [1.807, 2.05) is 66.9 Å². The second-order valence-electron chi connectivity index (χ2n) is 8.71. The number of aryl methyl sites for hydroxylation is 2. The number of rotatable bonds is 9. The van der Waals surface area contributed by atoms with Crippen molar-refractivity contribution in [1.82, 2.24) is 9.38 Å². The summed E-state index contributed by atoms with van der Waals surface area (Å²) in [4.78, 5) is 29.1. The van der Waals surface area contributed by atoms with E-state index in [-0.39, 0.29) is 11.5 Å². The van der Waals surface area contributed by atoms with Gasteiger partial charge in [0.25, 0.3) is 0 Å². The highest BCUT2D eigenvalue weighted by Crippen LogP contribution is 2.31. The second-order valence-corrected chi connectivity index (χ2v) is 8.71. The molecule has 0 aliphatic rings. The van der Waals surface area contributed by atoms with Crippen molar-refractivity contribution in [2.45, 2.75) is 52.6 Å². The van der Waals surface area contributed by atoms with E-state index in [0.29, 0.717) is 18.4 Å². The predicted molar refractivity (Wildman–Crippen MR) is 136 cm³/mol. The highest BCUT2D eigenvalue weighted by Gasteiger charge is 2.23. The lowest BCUT2D eigenvalue weighted by atomic mass is 9.96. The van der Waals surface area contributed by atoms with Crippen LogP contribution < -0.4 is 0 Å². The van der Waals surface area contributed by atoms with Crippen molar-refractivity contribution >= 4 is 17.6 Å². The Morgan fingerprint density at radius 3 is 2.43 bits per heavy atom. The molecule has 2 aromatic carbocycles. The highest BCUT2D eigenvalue weighted by molar-refractivity contribution is 5.96. The Bertz CT molecular complexity index is 1360. The molecule has 0 spiro atoms. The monoisotopic (exact) mass is 470 g/mol. The van der Waals surface area contributed by atoms with Gasteiger partial charge in [0.05, 0.1) is 17.0 Å². The Balaban J connectivity index is 1.79. The lowest BCUT2D eigenvalue weighted by molar-refractivity contribution is -0.147. The van der Waals surface area contributed by atoms with Gasteiger partial charge in [0.1, 0.15) is 5.65 Å². The SMILES string of the molecule is CCCC(=O)OC(c1ccc(-c2ccccc2C(=O)O)cc1)c1ccc(C)c2nc(CCC)cn12. The second kappa shape index (κ2) is 10.6. The van der Waals surface area contributed by atoms with E-state index in [4.69, 9.17) is 9.72 Å². The smallest absolute Gasteiger partial charge is 0.336 e. The first kappa shape index (κ1) is 24.2. The summed E-state index contributed by atoms with van der Waals surface area (Å²) in [6.07, 6.45) is 4.31.